The van der Waals surface area contributed by atoms with Gasteiger partial charge in [-0.2, -0.15) is 0 Å². The molecule has 3 aromatic carbocycles. The molecule has 0 fully saturated rings. The van der Waals surface area contributed by atoms with Gasteiger partial charge < -0.3 is 9.84 Å². The van der Waals surface area contributed by atoms with Crippen molar-refractivity contribution in [2.45, 2.75) is 13.8 Å². The maximum absolute atomic E-state index is 11.4. The number of hydrogen-bond acceptors (Lipinski definition) is 3. The van der Waals surface area contributed by atoms with Gasteiger partial charge in [-0.25, -0.2) is 0 Å². The minimum absolute atomic E-state index is 0.0956. The van der Waals surface area contributed by atoms with E-state index in [0.717, 1.165) is 21.9 Å². The lowest BCUT2D eigenvalue weighted by molar-refractivity contribution is -0.131. The zero-order valence-corrected chi connectivity index (χ0v) is 12.5. The fourth-order valence-corrected chi connectivity index (χ4v) is 2.72. The SMILES string of the molecule is CC(=O)Oc1cccc(O)c1-c1c(C)ccc2ccccc12. The van der Waals surface area contributed by atoms with E-state index in [1.807, 2.05) is 43.3 Å². The monoisotopic (exact) mass is 292 g/mol. The molecule has 0 aliphatic heterocycles. The third kappa shape index (κ3) is 2.42. The molecule has 0 saturated heterocycles. The molecule has 3 rings (SSSR count). The second-order valence-corrected chi connectivity index (χ2v) is 5.22. The Morgan fingerprint density at radius 3 is 2.50 bits per heavy atom. The van der Waals surface area contributed by atoms with Gasteiger partial charge in [0.05, 0.1) is 5.56 Å². The third-order valence-electron chi connectivity index (χ3n) is 3.65. The van der Waals surface area contributed by atoms with Gasteiger partial charge in [0.25, 0.3) is 0 Å². The molecule has 3 heteroatoms. The highest BCUT2D eigenvalue weighted by atomic mass is 16.5. The van der Waals surface area contributed by atoms with Crippen LogP contribution in [0.5, 0.6) is 11.5 Å². The van der Waals surface area contributed by atoms with Gasteiger partial charge >= 0.3 is 5.97 Å². The fourth-order valence-electron chi connectivity index (χ4n) is 2.72. The van der Waals surface area contributed by atoms with Crippen LogP contribution in [0.4, 0.5) is 0 Å². The summed E-state index contributed by atoms with van der Waals surface area (Å²) in [6, 6.07) is 16.9. The summed E-state index contributed by atoms with van der Waals surface area (Å²) < 4.78 is 5.29. The van der Waals surface area contributed by atoms with Gasteiger partial charge in [0, 0.05) is 6.92 Å². The minimum Gasteiger partial charge on any atom is -0.507 e. The van der Waals surface area contributed by atoms with Crippen LogP contribution in [-0.4, -0.2) is 11.1 Å². The summed E-state index contributed by atoms with van der Waals surface area (Å²) in [6.07, 6.45) is 0. The molecule has 0 spiro atoms. The number of rotatable bonds is 2. The summed E-state index contributed by atoms with van der Waals surface area (Å²) in [7, 11) is 0. The number of esters is 1. The number of phenolic OH excluding ortho intramolecular Hbond substituents is 1. The lowest BCUT2D eigenvalue weighted by Gasteiger charge is -2.15. The third-order valence-corrected chi connectivity index (χ3v) is 3.65. The van der Waals surface area contributed by atoms with Crippen LogP contribution in [0.25, 0.3) is 21.9 Å². The Bertz CT molecular complexity index is 866. The Morgan fingerprint density at radius 2 is 1.73 bits per heavy atom. The number of fused-ring (bicyclic) bond motifs is 1. The van der Waals surface area contributed by atoms with Gasteiger partial charge in [-0.1, -0.05) is 42.5 Å². The molecule has 3 nitrogen and oxygen atoms in total. The van der Waals surface area contributed by atoms with Crippen LogP contribution in [0, 0.1) is 6.92 Å². The highest BCUT2D eigenvalue weighted by Crippen LogP contribution is 2.42. The summed E-state index contributed by atoms with van der Waals surface area (Å²) in [5, 5.41) is 12.4. The number of ether oxygens (including phenoxy) is 1. The van der Waals surface area contributed by atoms with Crippen LogP contribution in [0.15, 0.2) is 54.6 Å². The highest BCUT2D eigenvalue weighted by molar-refractivity contribution is 6.01. The smallest absolute Gasteiger partial charge is 0.308 e. The van der Waals surface area contributed by atoms with Crippen molar-refractivity contribution in [1.29, 1.82) is 0 Å². The first-order chi connectivity index (χ1) is 10.6. The van der Waals surface area contributed by atoms with Crippen molar-refractivity contribution in [3.63, 3.8) is 0 Å². The minimum atomic E-state index is -0.412. The molecule has 0 unspecified atom stereocenters. The van der Waals surface area contributed by atoms with Gasteiger partial charge in [0.15, 0.2) is 0 Å². The van der Waals surface area contributed by atoms with E-state index in [0.29, 0.717) is 11.3 Å². The summed E-state index contributed by atoms with van der Waals surface area (Å²) in [5.41, 5.74) is 2.44. The Labute approximate surface area is 128 Å². The second-order valence-electron chi connectivity index (χ2n) is 5.22. The summed E-state index contributed by atoms with van der Waals surface area (Å²) >= 11 is 0. The number of carbonyl (C=O) groups is 1. The number of hydrogen-bond donors (Lipinski definition) is 1. The van der Waals surface area contributed by atoms with Crippen LogP contribution >= 0.6 is 0 Å². The number of carbonyl (C=O) groups excluding carboxylic acids is 1. The molecule has 0 heterocycles. The lowest BCUT2D eigenvalue weighted by Crippen LogP contribution is -2.03. The molecule has 0 saturated carbocycles. The molecule has 0 amide bonds. The van der Waals surface area contributed by atoms with Crippen molar-refractivity contribution in [3.8, 4) is 22.6 Å². The first-order valence-electron chi connectivity index (χ1n) is 7.07. The molecule has 0 aliphatic rings. The summed E-state index contributed by atoms with van der Waals surface area (Å²) in [6.45, 7) is 3.33. The quantitative estimate of drug-likeness (QED) is 0.561. The van der Waals surface area contributed by atoms with E-state index in [1.54, 1.807) is 18.2 Å². The number of aromatic hydroxyl groups is 1. The van der Waals surface area contributed by atoms with Crippen molar-refractivity contribution in [1.82, 2.24) is 0 Å². The summed E-state index contributed by atoms with van der Waals surface area (Å²) in [5.74, 6) is 0.0508. The molecular weight excluding hydrogens is 276 g/mol. The molecule has 0 atom stereocenters. The van der Waals surface area contributed by atoms with Crippen LogP contribution < -0.4 is 4.74 Å². The van der Waals surface area contributed by atoms with Crippen molar-refractivity contribution < 1.29 is 14.6 Å². The van der Waals surface area contributed by atoms with Crippen LogP contribution in [0.3, 0.4) is 0 Å². The molecule has 1 N–H and O–H groups in total. The van der Waals surface area contributed by atoms with Crippen LogP contribution in [0.1, 0.15) is 12.5 Å². The van der Waals surface area contributed by atoms with Gasteiger partial charge in [0.1, 0.15) is 11.5 Å². The maximum atomic E-state index is 11.4. The highest BCUT2D eigenvalue weighted by Gasteiger charge is 2.17. The number of phenols is 1. The van der Waals surface area contributed by atoms with Crippen molar-refractivity contribution in [2.75, 3.05) is 0 Å². The van der Waals surface area contributed by atoms with E-state index in [-0.39, 0.29) is 5.75 Å². The predicted octanol–water partition coefficient (Wildman–Crippen LogP) is 4.45. The summed E-state index contributed by atoms with van der Waals surface area (Å²) in [4.78, 5) is 11.4. The molecular formula is C19H16O3. The molecule has 22 heavy (non-hydrogen) atoms. The Morgan fingerprint density at radius 1 is 0.955 bits per heavy atom. The average Bonchev–Trinajstić information content (AvgIpc) is 2.48. The molecule has 0 radical (unpaired) electrons. The van der Waals surface area contributed by atoms with E-state index in [4.69, 9.17) is 4.74 Å². The van der Waals surface area contributed by atoms with E-state index < -0.39 is 5.97 Å². The maximum Gasteiger partial charge on any atom is 0.308 e. The first kappa shape index (κ1) is 14.1. The fraction of sp³-hybridized carbons (Fsp3) is 0.105. The first-order valence-corrected chi connectivity index (χ1v) is 7.07. The van der Waals surface area contributed by atoms with Gasteiger partial charge in [0.2, 0.25) is 0 Å². The van der Waals surface area contributed by atoms with E-state index in [9.17, 15) is 9.90 Å². The van der Waals surface area contributed by atoms with Gasteiger partial charge in [-0.3, -0.25) is 4.79 Å². The van der Waals surface area contributed by atoms with Gasteiger partial charge in [-0.15, -0.1) is 0 Å². The Hall–Kier alpha value is -2.81. The van der Waals surface area contributed by atoms with E-state index in [1.165, 1.54) is 6.92 Å². The van der Waals surface area contributed by atoms with Crippen molar-refractivity contribution >= 4 is 16.7 Å². The van der Waals surface area contributed by atoms with E-state index >= 15 is 0 Å². The molecule has 0 bridgehead atoms. The molecule has 110 valence electrons. The Balaban J connectivity index is 2.37. The predicted molar refractivity (Wildman–Crippen MR) is 87.1 cm³/mol. The normalized spacial score (nSPS) is 10.6. The molecule has 0 aromatic heterocycles. The van der Waals surface area contributed by atoms with Crippen molar-refractivity contribution in [2.24, 2.45) is 0 Å². The van der Waals surface area contributed by atoms with Crippen LogP contribution in [0.2, 0.25) is 0 Å². The number of aryl methyl sites for hydroxylation is 1. The van der Waals surface area contributed by atoms with Crippen molar-refractivity contribution in [3.05, 3.63) is 60.2 Å². The zero-order valence-electron chi connectivity index (χ0n) is 12.5. The topological polar surface area (TPSA) is 46.5 Å². The van der Waals surface area contributed by atoms with Gasteiger partial charge in [-0.05, 0) is 41.0 Å². The number of benzene rings is 3. The average molecular weight is 292 g/mol. The van der Waals surface area contributed by atoms with Crippen LogP contribution in [-0.2, 0) is 4.79 Å². The standard InChI is InChI=1S/C19H16O3/c1-12-10-11-14-6-3-4-7-15(14)18(12)19-16(21)8-5-9-17(19)22-13(2)20/h3-11,21H,1-2H3. The second kappa shape index (κ2) is 5.53. The zero-order chi connectivity index (χ0) is 15.7. The largest absolute Gasteiger partial charge is 0.507 e. The molecule has 0 aliphatic carbocycles. The Kier molecular flexibility index (Phi) is 3.55. The lowest BCUT2D eigenvalue weighted by atomic mass is 9.93. The van der Waals surface area contributed by atoms with E-state index in [2.05, 4.69) is 0 Å². The molecule has 3 aromatic rings.